The van der Waals surface area contributed by atoms with Gasteiger partial charge in [0.05, 0.1) is 5.02 Å². The van der Waals surface area contributed by atoms with Gasteiger partial charge in [-0.3, -0.25) is 0 Å². The lowest BCUT2D eigenvalue weighted by Gasteiger charge is -2.26. The van der Waals surface area contributed by atoms with Gasteiger partial charge >= 0.3 is 0 Å². The molecule has 0 aliphatic heterocycles. The molecule has 0 saturated heterocycles. The molecule has 16 heavy (non-hydrogen) atoms. The Morgan fingerprint density at radius 2 is 2.31 bits per heavy atom. The first-order valence-corrected chi connectivity index (χ1v) is 7.65. The van der Waals surface area contributed by atoms with Crippen LogP contribution in [0.25, 0.3) is 0 Å². The maximum absolute atomic E-state index is 6.16. The normalized spacial score (nSPS) is 12.6. The summed E-state index contributed by atoms with van der Waals surface area (Å²) >= 11 is 11.4. The lowest BCUT2D eigenvalue weighted by Crippen LogP contribution is -2.30. The second-order valence-corrected chi connectivity index (χ2v) is 6.01. The molecule has 2 nitrogen and oxygen atoms in total. The number of halogens is 2. The highest BCUT2D eigenvalue weighted by atomic mass is 79.9. The van der Waals surface area contributed by atoms with Crippen LogP contribution in [0.1, 0.15) is 13.3 Å². The molecule has 0 amide bonds. The molecule has 0 aliphatic rings. The second kappa shape index (κ2) is 6.72. The van der Waals surface area contributed by atoms with Gasteiger partial charge in [-0.05, 0) is 47.3 Å². The SMILES string of the molecule is CSCCC(C)N(C)c1ncc(Br)cc1Cl. The molecule has 0 N–H and O–H groups in total. The molecular formula is C11H16BrClN2S. The van der Waals surface area contributed by atoms with Gasteiger partial charge in [0, 0.05) is 23.8 Å². The van der Waals surface area contributed by atoms with E-state index in [1.807, 2.05) is 24.9 Å². The number of hydrogen-bond donors (Lipinski definition) is 0. The predicted octanol–water partition coefficient (Wildman–Crippen LogP) is 4.08. The minimum absolute atomic E-state index is 0.443. The van der Waals surface area contributed by atoms with E-state index in [0.29, 0.717) is 11.1 Å². The number of pyridine rings is 1. The molecule has 1 aromatic heterocycles. The molecule has 1 aromatic rings. The van der Waals surface area contributed by atoms with Crippen molar-refractivity contribution in [2.75, 3.05) is 24.0 Å². The largest absolute Gasteiger partial charge is 0.356 e. The lowest BCUT2D eigenvalue weighted by atomic mass is 10.2. The number of rotatable bonds is 5. The van der Waals surface area contributed by atoms with E-state index in [0.717, 1.165) is 22.5 Å². The molecule has 0 spiro atoms. The minimum atomic E-state index is 0.443. The van der Waals surface area contributed by atoms with Crippen molar-refractivity contribution >= 4 is 45.1 Å². The van der Waals surface area contributed by atoms with Gasteiger partial charge in [-0.2, -0.15) is 11.8 Å². The third-order valence-electron chi connectivity index (χ3n) is 2.52. The topological polar surface area (TPSA) is 16.1 Å². The highest BCUT2D eigenvalue weighted by Gasteiger charge is 2.14. The van der Waals surface area contributed by atoms with Crippen LogP contribution in [-0.4, -0.2) is 30.1 Å². The van der Waals surface area contributed by atoms with E-state index in [2.05, 4.69) is 39.0 Å². The summed E-state index contributed by atoms with van der Waals surface area (Å²) in [5.74, 6) is 2.00. The molecular weight excluding hydrogens is 308 g/mol. The van der Waals surface area contributed by atoms with Crippen LogP contribution >= 0.6 is 39.3 Å². The van der Waals surface area contributed by atoms with Gasteiger partial charge in [0.2, 0.25) is 0 Å². The van der Waals surface area contributed by atoms with Gasteiger partial charge < -0.3 is 4.90 Å². The third-order valence-corrected chi connectivity index (χ3v) is 3.88. The van der Waals surface area contributed by atoms with Gasteiger partial charge in [-0.15, -0.1) is 0 Å². The van der Waals surface area contributed by atoms with E-state index in [4.69, 9.17) is 11.6 Å². The first-order chi connectivity index (χ1) is 7.56. The van der Waals surface area contributed by atoms with Gasteiger partial charge in [0.1, 0.15) is 5.82 Å². The summed E-state index contributed by atoms with van der Waals surface area (Å²) < 4.78 is 0.909. The fraction of sp³-hybridized carbons (Fsp3) is 0.545. The molecule has 0 fully saturated rings. The highest BCUT2D eigenvalue weighted by Crippen LogP contribution is 2.27. The van der Waals surface area contributed by atoms with Crippen molar-refractivity contribution in [2.45, 2.75) is 19.4 Å². The molecule has 1 atom stereocenters. The van der Waals surface area contributed by atoms with E-state index >= 15 is 0 Å². The Balaban J connectivity index is 2.75. The Morgan fingerprint density at radius 1 is 1.62 bits per heavy atom. The number of thioether (sulfide) groups is 1. The van der Waals surface area contributed by atoms with Crippen molar-refractivity contribution < 1.29 is 0 Å². The molecule has 0 bridgehead atoms. The van der Waals surface area contributed by atoms with E-state index in [-0.39, 0.29) is 0 Å². The van der Waals surface area contributed by atoms with E-state index in [1.165, 1.54) is 0 Å². The minimum Gasteiger partial charge on any atom is -0.356 e. The standard InChI is InChI=1S/C11H16BrClN2S/c1-8(4-5-16-3)15(2)11-10(13)6-9(12)7-14-11/h6-8H,4-5H2,1-3H3. The van der Waals surface area contributed by atoms with Crippen LogP contribution < -0.4 is 4.90 Å². The lowest BCUT2D eigenvalue weighted by molar-refractivity contribution is 0.662. The first-order valence-electron chi connectivity index (χ1n) is 5.09. The van der Waals surface area contributed by atoms with Crippen LogP contribution in [0.2, 0.25) is 5.02 Å². The quantitative estimate of drug-likeness (QED) is 0.812. The fourth-order valence-corrected chi connectivity index (χ4v) is 2.70. The summed E-state index contributed by atoms with van der Waals surface area (Å²) in [6.07, 6.45) is 5.03. The maximum Gasteiger partial charge on any atom is 0.147 e. The number of nitrogens with zero attached hydrogens (tertiary/aromatic N) is 2. The molecule has 1 heterocycles. The maximum atomic E-state index is 6.16. The molecule has 0 radical (unpaired) electrons. The smallest absolute Gasteiger partial charge is 0.147 e. The van der Waals surface area contributed by atoms with Crippen LogP contribution in [0.5, 0.6) is 0 Å². The van der Waals surface area contributed by atoms with Crippen LogP contribution in [0, 0.1) is 0 Å². The monoisotopic (exact) mass is 322 g/mol. The van der Waals surface area contributed by atoms with Gasteiger partial charge in [0.25, 0.3) is 0 Å². The summed E-state index contributed by atoms with van der Waals surface area (Å²) in [6.45, 7) is 2.19. The molecule has 90 valence electrons. The first kappa shape index (κ1) is 14.1. The Hall–Kier alpha value is 0.0700. The van der Waals surface area contributed by atoms with Crippen molar-refractivity contribution in [3.63, 3.8) is 0 Å². The third kappa shape index (κ3) is 3.82. The van der Waals surface area contributed by atoms with Crippen molar-refractivity contribution in [2.24, 2.45) is 0 Å². The number of aromatic nitrogens is 1. The van der Waals surface area contributed by atoms with E-state index in [1.54, 1.807) is 6.20 Å². The molecule has 1 rings (SSSR count). The summed E-state index contributed by atoms with van der Waals surface area (Å²) in [5, 5.41) is 0.688. The Kier molecular flexibility index (Phi) is 5.94. The molecule has 0 aliphatic carbocycles. The average molecular weight is 324 g/mol. The van der Waals surface area contributed by atoms with Gasteiger partial charge in [0.15, 0.2) is 0 Å². The zero-order valence-electron chi connectivity index (χ0n) is 9.70. The number of anilines is 1. The zero-order valence-corrected chi connectivity index (χ0v) is 12.9. The van der Waals surface area contributed by atoms with Crippen LogP contribution in [0.15, 0.2) is 16.7 Å². The molecule has 0 saturated carbocycles. The molecule has 0 aromatic carbocycles. The Bertz CT molecular complexity index is 349. The van der Waals surface area contributed by atoms with Crippen LogP contribution in [0.4, 0.5) is 5.82 Å². The van der Waals surface area contributed by atoms with Crippen molar-refractivity contribution in [3.8, 4) is 0 Å². The fourth-order valence-electron chi connectivity index (χ4n) is 1.36. The van der Waals surface area contributed by atoms with E-state index < -0.39 is 0 Å². The molecule has 5 heteroatoms. The number of hydrogen-bond acceptors (Lipinski definition) is 3. The second-order valence-electron chi connectivity index (χ2n) is 3.70. The van der Waals surface area contributed by atoms with Crippen LogP contribution in [-0.2, 0) is 0 Å². The predicted molar refractivity (Wildman–Crippen MR) is 77.8 cm³/mol. The summed E-state index contributed by atoms with van der Waals surface area (Å²) in [5.41, 5.74) is 0. The van der Waals surface area contributed by atoms with Crippen molar-refractivity contribution in [1.29, 1.82) is 0 Å². The van der Waals surface area contributed by atoms with Gasteiger partial charge in [-0.1, -0.05) is 11.6 Å². The average Bonchev–Trinajstić information content (AvgIpc) is 2.25. The highest BCUT2D eigenvalue weighted by molar-refractivity contribution is 9.10. The van der Waals surface area contributed by atoms with Crippen molar-refractivity contribution in [1.82, 2.24) is 4.98 Å². The summed E-state index contributed by atoms with van der Waals surface area (Å²) in [6, 6.07) is 2.32. The summed E-state index contributed by atoms with van der Waals surface area (Å²) in [7, 11) is 2.03. The van der Waals surface area contributed by atoms with Crippen LogP contribution in [0.3, 0.4) is 0 Å². The molecule has 1 unspecified atom stereocenters. The van der Waals surface area contributed by atoms with Gasteiger partial charge in [-0.25, -0.2) is 4.98 Å². The van der Waals surface area contributed by atoms with Crippen molar-refractivity contribution in [3.05, 3.63) is 21.8 Å². The Labute approximate surface area is 115 Å². The Morgan fingerprint density at radius 3 is 2.88 bits per heavy atom. The summed E-state index contributed by atoms with van der Waals surface area (Å²) in [4.78, 5) is 6.48. The zero-order chi connectivity index (χ0) is 12.1. The van der Waals surface area contributed by atoms with E-state index in [9.17, 15) is 0 Å².